The van der Waals surface area contributed by atoms with E-state index in [0.29, 0.717) is 6.61 Å². The topological polar surface area (TPSA) is 48.3 Å². The second kappa shape index (κ2) is 4.84. The first-order valence-electron chi connectivity index (χ1n) is 5.59. The molecule has 1 aromatic rings. The van der Waals surface area contributed by atoms with E-state index >= 15 is 0 Å². The smallest absolute Gasteiger partial charge is 0.203 e. The minimum absolute atomic E-state index is 0.0101. The van der Waals surface area contributed by atoms with Crippen LogP contribution in [-0.4, -0.2) is 42.0 Å². The van der Waals surface area contributed by atoms with Crippen molar-refractivity contribution in [3.8, 4) is 0 Å². The average molecular weight is 225 g/mol. The van der Waals surface area contributed by atoms with Crippen LogP contribution in [0, 0.1) is 0 Å². The van der Waals surface area contributed by atoms with Gasteiger partial charge in [-0.1, -0.05) is 0 Å². The Hall–Kier alpha value is -1.07. The zero-order valence-electron chi connectivity index (χ0n) is 9.90. The van der Waals surface area contributed by atoms with Crippen LogP contribution >= 0.6 is 0 Å². The van der Waals surface area contributed by atoms with Crippen molar-refractivity contribution >= 4 is 5.95 Å². The van der Waals surface area contributed by atoms with Crippen molar-refractivity contribution in [2.24, 2.45) is 0 Å². The number of rotatable bonds is 5. The minimum atomic E-state index is 0.0101. The molecule has 0 bridgehead atoms. The van der Waals surface area contributed by atoms with Crippen molar-refractivity contribution in [2.75, 3.05) is 32.2 Å². The van der Waals surface area contributed by atoms with Crippen LogP contribution in [0.3, 0.4) is 0 Å². The molecule has 0 radical (unpaired) electrons. The van der Waals surface area contributed by atoms with E-state index in [2.05, 4.69) is 21.8 Å². The summed E-state index contributed by atoms with van der Waals surface area (Å²) in [6.45, 7) is 5.23. The zero-order valence-corrected chi connectivity index (χ0v) is 9.90. The van der Waals surface area contributed by atoms with Gasteiger partial charge in [0.1, 0.15) is 0 Å². The number of nitrogens with one attached hydrogen (secondary N) is 1. The normalized spacial score (nSPS) is 24.9. The predicted octanol–water partition coefficient (Wildman–Crippen LogP) is 1.12. The number of anilines is 1. The number of methoxy groups -OCH3 is 1. The van der Waals surface area contributed by atoms with Gasteiger partial charge in [0.15, 0.2) is 0 Å². The first kappa shape index (κ1) is 11.4. The highest BCUT2D eigenvalue weighted by atomic mass is 16.5. The van der Waals surface area contributed by atoms with Crippen molar-refractivity contribution in [3.63, 3.8) is 0 Å². The molecule has 0 aliphatic carbocycles. The van der Waals surface area contributed by atoms with Crippen LogP contribution < -0.4 is 5.32 Å². The monoisotopic (exact) mass is 225 g/mol. The van der Waals surface area contributed by atoms with Crippen molar-refractivity contribution in [1.82, 2.24) is 9.55 Å². The molecule has 2 rings (SSSR count). The van der Waals surface area contributed by atoms with E-state index in [9.17, 15) is 0 Å². The maximum atomic E-state index is 5.41. The highest BCUT2D eigenvalue weighted by Gasteiger charge is 2.30. The van der Waals surface area contributed by atoms with Gasteiger partial charge >= 0.3 is 0 Å². The Morgan fingerprint density at radius 1 is 1.69 bits per heavy atom. The van der Waals surface area contributed by atoms with Gasteiger partial charge in [0.2, 0.25) is 5.95 Å². The van der Waals surface area contributed by atoms with E-state index in [1.165, 1.54) is 0 Å². The van der Waals surface area contributed by atoms with Gasteiger partial charge in [0.05, 0.1) is 18.8 Å². The quantitative estimate of drug-likeness (QED) is 0.815. The summed E-state index contributed by atoms with van der Waals surface area (Å²) >= 11 is 0. The lowest BCUT2D eigenvalue weighted by molar-refractivity contribution is 0.183. The maximum absolute atomic E-state index is 5.41. The molecule has 1 N–H and O–H groups in total. The summed E-state index contributed by atoms with van der Waals surface area (Å²) in [6.07, 6.45) is 4.78. The summed E-state index contributed by atoms with van der Waals surface area (Å²) in [5.41, 5.74) is 0.0101. The van der Waals surface area contributed by atoms with E-state index in [-0.39, 0.29) is 5.54 Å². The van der Waals surface area contributed by atoms with Crippen LogP contribution in [0.15, 0.2) is 12.4 Å². The van der Waals surface area contributed by atoms with Crippen LogP contribution in [-0.2, 0) is 16.0 Å². The lowest BCUT2D eigenvalue weighted by atomic mass is 10.0. The third kappa shape index (κ3) is 2.54. The summed E-state index contributed by atoms with van der Waals surface area (Å²) in [6, 6.07) is 0. The summed E-state index contributed by atoms with van der Waals surface area (Å²) in [4.78, 5) is 4.32. The Bertz CT molecular complexity index is 332. The Kier molecular flexibility index (Phi) is 3.46. The van der Waals surface area contributed by atoms with E-state index in [0.717, 1.165) is 32.1 Å². The van der Waals surface area contributed by atoms with E-state index in [1.54, 1.807) is 13.3 Å². The average Bonchev–Trinajstić information content (AvgIpc) is 2.86. The number of hydrogen-bond donors (Lipinski definition) is 1. The van der Waals surface area contributed by atoms with Crippen molar-refractivity contribution in [2.45, 2.75) is 25.4 Å². The summed E-state index contributed by atoms with van der Waals surface area (Å²) in [7, 11) is 1.70. The van der Waals surface area contributed by atoms with Gasteiger partial charge in [0, 0.05) is 32.7 Å². The largest absolute Gasteiger partial charge is 0.383 e. The van der Waals surface area contributed by atoms with E-state index in [1.807, 2.05) is 6.20 Å². The molecule has 90 valence electrons. The first-order chi connectivity index (χ1) is 7.73. The summed E-state index contributed by atoms with van der Waals surface area (Å²) in [5, 5.41) is 3.45. The van der Waals surface area contributed by atoms with Crippen molar-refractivity contribution in [1.29, 1.82) is 0 Å². The van der Waals surface area contributed by atoms with Crippen LogP contribution in [0.25, 0.3) is 0 Å². The molecule has 2 heterocycles. The van der Waals surface area contributed by atoms with Crippen molar-refractivity contribution in [3.05, 3.63) is 12.4 Å². The molecular formula is C11H19N3O2. The van der Waals surface area contributed by atoms with Gasteiger partial charge < -0.3 is 19.4 Å². The third-order valence-corrected chi connectivity index (χ3v) is 2.88. The van der Waals surface area contributed by atoms with Crippen LogP contribution in [0.1, 0.15) is 13.3 Å². The van der Waals surface area contributed by atoms with Gasteiger partial charge in [-0.2, -0.15) is 0 Å². The maximum Gasteiger partial charge on any atom is 0.203 e. The van der Waals surface area contributed by atoms with Crippen molar-refractivity contribution < 1.29 is 9.47 Å². The fourth-order valence-corrected chi connectivity index (χ4v) is 1.84. The Balaban J connectivity index is 2.00. The fraction of sp³-hybridized carbons (Fsp3) is 0.727. The van der Waals surface area contributed by atoms with Gasteiger partial charge in [-0.25, -0.2) is 4.98 Å². The molecule has 1 aliphatic rings. The molecular weight excluding hydrogens is 206 g/mol. The number of nitrogens with zero attached hydrogens (tertiary/aromatic N) is 2. The summed E-state index contributed by atoms with van der Waals surface area (Å²) < 4.78 is 12.5. The van der Waals surface area contributed by atoms with Gasteiger partial charge in [-0.05, 0) is 13.3 Å². The van der Waals surface area contributed by atoms with Gasteiger partial charge in [0.25, 0.3) is 0 Å². The van der Waals surface area contributed by atoms with E-state index < -0.39 is 0 Å². The fourth-order valence-electron chi connectivity index (χ4n) is 1.84. The number of ether oxygens (including phenoxy) is 2. The van der Waals surface area contributed by atoms with Crippen LogP contribution in [0.4, 0.5) is 5.95 Å². The lowest BCUT2D eigenvalue weighted by Gasteiger charge is -2.24. The molecule has 5 heteroatoms. The van der Waals surface area contributed by atoms with Crippen LogP contribution in [0.5, 0.6) is 0 Å². The molecule has 1 atom stereocenters. The number of imidazole rings is 1. The second-order valence-electron chi connectivity index (χ2n) is 4.43. The summed E-state index contributed by atoms with van der Waals surface area (Å²) in [5.74, 6) is 0.894. The first-order valence-corrected chi connectivity index (χ1v) is 5.59. The molecule has 1 saturated heterocycles. The Morgan fingerprint density at radius 3 is 3.25 bits per heavy atom. The molecule has 1 aromatic heterocycles. The molecule has 0 aromatic carbocycles. The number of hydrogen-bond acceptors (Lipinski definition) is 4. The van der Waals surface area contributed by atoms with Gasteiger partial charge in [-0.3, -0.25) is 0 Å². The molecule has 0 amide bonds. The van der Waals surface area contributed by atoms with E-state index in [4.69, 9.17) is 9.47 Å². The van der Waals surface area contributed by atoms with Crippen LogP contribution in [0.2, 0.25) is 0 Å². The van der Waals surface area contributed by atoms with Gasteiger partial charge in [-0.15, -0.1) is 0 Å². The zero-order chi connectivity index (χ0) is 11.4. The molecule has 1 fully saturated rings. The predicted molar refractivity (Wildman–Crippen MR) is 61.6 cm³/mol. The third-order valence-electron chi connectivity index (χ3n) is 2.88. The minimum Gasteiger partial charge on any atom is -0.383 e. The SMILES string of the molecule is COCCn1ccnc1NC1(C)CCOC1. The molecule has 5 nitrogen and oxygen atoms in total. The second-order valence-corrected chi connectivity index (χ2v) is 4.43. The lowest BCUT2D eigenvalue weighted by Crippen LogP contribution is -2.36. The Morgan fingerprint density at radius 2 is 2.56 bits per heavy atom. The molecule has 0 spiro atoms. The number of aromatic nitrogens is 2. The standard InChI is InChI=1S/C11H19N3O2/c1-11(3-7-16-9-11)13-10-12-4-5-14(10)6-8-15-2/h4-5H,3,6-9H2,1-2H3,(H,12,13). The molecule has 1 unspecified atom stereocenters. The molecule has 1 aliphatic heterocycles. The Labute approximate surface area is 95.8 Å². The molecule has 16 heavy (non-hydrogen) atoms. The highest BCUT2D eigenvalue weighted by molar-refractivity contribution is 5.31. The molecule has 0 saturated carbocycles. The highest BCUT2D eigenvalue weighted by Crippen LogP contribution is 2.22.